The summed E-state index contributed by atoms with van der Waals surface area (Å²) in [5, 5.41) is 2.92. The third kappa shape index (κ3) is 3.03. The van der Waals surface area contributed by atoms with Gasteiger partial charge >= 0.3 is 5.69 Å². The predicted molar refractivity (Wildman–Crippen MR) is 85.2 cm³/mol. The summed E-state index contributed by atoms with van der Waals surface area (Å²) < 4.78 is 0.735. The maximum Gasteiger partial charge on any atom is 0.323 e. The number of hydrogen-bond acceptors (Lipinski definition) is 3. The van der Waals surface area contributed by atoms with Crippen LogP contribution in [0.25, 0.3) is 11.0 Å². The van der Waals surface area contributed by atoms with Gasteiger partial charge in [0.1, 0.15) is 0 Å². The van der Waals surface area contributed by atoms with Crippen molar-refractivity contribution in [2.45, 2.75) is 31.7 Å². The molecule has 0 spiro atoms. The number of rotatable bonds is 2. The van der Waals surface area contributed by atoms with Crippen LogP contribution in [0.4, 0.5) is 5.69 Å². The van der Waals surface area contributed by atoms with Crippen molar-refractivity contribution in [2.24, 2.45) is 11.7 Å². The number of H-pyrrole nitrogens is 2. The van der Waals surface area contributed by atoms with Gasteiger partial charge < -0.3 is 21.0 Å². The lowest BCUT2D eigenvalue weighted by Gasteiger charge is -2.25. The highest BCUT2D eigenvalue weighted by atomic mass is 79.9. The number of anilines is 1. The Morgan fingerprint density at radius 1 is 1.29 bits per heavy atom. The van der Waals surface area contributed by atoms with E-state index in [-0.39, 0.29) is 23.6 Å². The van der Waals surface area contributed by atoms with Gasteiger partial charge in [0.2, 0.25) is 5.91 Å². The minimum Gasteiger partial charge on any atom is -0.328 e. The number of carbonyl (C=O) groups excluding carboxylic acids is 1. The average molecular weight is 353 g/mol. The number of carbonyl (C=O) groups is 1. The molecule has 6 nitrogen and oxygen atoms in total. The van der Waals surface area contributed by atoms with Gasteiger partial charge in [0.15, 0.2) is 0 Å². The van der Waals surface area contributed by atoms with E-state index in [1.54, 1.807) is 12.1 Å². The van der Waals surface area contributed by atoms with E-state index in [0.29, 0.717) is 16.7 Å². The van der Waals surface area contributed by atoms with Crippen molar-refractivity contribution in [3.63, 3.8) is 0 Å². The molecule has 0 saturated heterocycles. The predicted octanol–water partition coefficient (Wildman–Crippen LogP) is 2.07. The number of nitrogens with two attached hydrogens (primary N) is 1. The highest BCUT2D eigenvalue weighted by Gasteiger charge is 2.25. The molecule has 2 aromatic rings. The highest BCUT2D eigenvalue weighted by molar-refractivity contribution is 9.10. The summed E-state index contributed by atoms with van der Waals surface area (Å²) in [5.41, 5.74) is 7.68. The minimum atomic E-state index is -0.265. The van der Waals surface area contributed by atoms with Crippen molar-refractivity contribution in [1.29, 1.82) is 0 Å². The number of halogens is 1. The molecule has 0 aliphatic heterocycles. The van der Waals surface area contributed by atoms with Gasteiger partial charge in [0.25, 0.3) is 0 Å². The zero-order valence-electron chi connectivity index (χ0n) is 11.4. The van der Waals surface area contributed by atoms with Crippen LogP contribution >= 0.6 is 15.9 Å². The molecule has 2 unspecified atom stereocenters. The molecule has 5 N–H and O–H groups in total. The van der Waals surface area contributed by atoms with Crippen molar-refractivity contribution in [1.82, 2.24) is 9.97 Å². The molecule has 0 radical (unpaired) electrons. The van der Waals surface area contributed by atoms with Crippen LogP contribution < -0.4 is 16.7 Å². The zero-order valence-corrected chi connectivity index (χ0v) is 13.0. The summed E-state index contributed by atoms with van der Waals surface area (Å²) in [4.78, 5) is 29.0. The quantitative estimate of drug-likeness (QED) is 0.664. The van der Waals surface area contributed by atoms with Crippen molar-refractivity contribution in [2.75, 3.05) is 5.32 Å². The topological polar surface area (TPSA) is 104 Å². The number of aromatic nitrogens is 2. The summed E-state index contributed by atoms with van der Waals surface area (Å²) >= 11 is 3.42. The number of nitrogens with one attached hydrogen (secondary N) is 3. The summed E-state index contributed by atoms with van der Waals surface area (Å²) in [6, 6.07) is 3.63. The fourth-order valence-electron chi connectivity index (χ4n) is 2.85. The first-order chi connectivity index (χ1) is 10.0. The standard InChI is InChI=1S/C14H17BrN4O2/c15-9-5-11-12(19-14(21)18-11)6-10(9)17-13(20)7-2-1-3-8(16)4-7/h5-8H,1-4,16H2,(H,17,20)(H2,18,19,21). The molecule has 1 amide bonds. The Morgan fingerprint density at radius 3 is 2.71 bits per heavy atom. The summed E-state index contributed by atoms with van der Waals surface area (Å²) in [5.74, 6) is -0.0512. The third-order valence-corrected chi connectivity index (χ3v) is 4.60. The Bertz CT molecular complexity index is 736. The number of hydrogen-bond donors (Lipinski definition) is 4. The van der Waals surface area contributed by atoms with E-state index in [1.807, 2.05) is 0 Å². The second-order valence-corrected chi connectivity index (χ2v) is 6.42. The Balaban J connectivity index is 1.82. The maximum atomic E-state index is 12.3. The van der Waals surface area contributed by atoms with Crippen molar-refractivity contribution in [3.8, 4) is 0 Å². The van der Waals surface area contributed by atoms with Gasteiger partial charge in [-0.15, -0.1) is 0 Å². The Labute approximate surface area is 129 Å². The largest absolute Gasteiger partial charge is 0.328 e. The van der Waals surface area contributed by atoms with Crippen LogP contribution in [0.1, 0.15) is 25.7 Å². The molecule has 21 heavy (non-hydrogen) atoms. The van der Waals surface area contributed by atoms with Gasteiger partial charge in [0.05, 0.1) is 16.7 Å². The number of imidazole rings is 1. The van der Waals surface area contributed by atoms with E-state index in [4.69, 9.17) is 5.73 Å². The van der Waals surface area contributed by atoms with Crippen molar-refractivity contribution >= 4 is 38.6 Å². The van der Waals surface area contributed by atoms with Gasteiger partial charge in [0, 0.05) is 16.4 Å². The number of amides is 1. The van der Waals surface area contributed by atoms with Crippen molar-refractivity contribution in [3.05, 3.63) is 27.1 Å². The van der Waals surface area contributed by atoms with Crippen LogP contribution in [0.2, 0.25) is 0 Å². The first-order valence-corrected chi connectivity index (χ1v) is 7.80. The van der Waals surface area contributed by atoms with E-state index in [0.717, 1.165) is 30.2 Å². The SMILES string of the molecule is NC1CCCC(C(=O)Nc2cc3[nH]c(=O)[nH]c3cc2Br)C1. The average Bonchev–Trinajstić information content (AvgIpc) is 2.78. The van der Waals surface area contributed by atoms with Crippen LogP contribution in [0.5, 0.6) is 0 Å². The number of fused-ring (bicyclic) bond motifs is 1. The third-order valence-electron chi connectivity index (χ3n) is 3.95. The molecule has 2 atom stereocenters. The smallest absolute Gasteiger partial charge is 0.323 e. The van der Waals surface area contributed by atoms with E-state index >= 15 is 0 Å². The van der Waals surface area contributed by atoms with Crippen LogP contribution in [0.15, 0.2) is 21.4 Å². The Kier molecular flexibility index (Phi) is 3.86. The van der Waals surface area contributed by atoms with E-state index in [1.165, 1.54) is 0 Å². The molecule has 1 heterocycles. The molecule has 112 valence electrons. The van der Waals surface area contributed by atoms with Crippen LogP contribution in [-0.4, -0.2) is 21.9 Å². The lowest BCUT2D eigenvalue weighted by atomic mass is 9.85. The van der Waals surface area contributed by atoms with E-state index in [2.05, 4.69) is 31.2 Å². The van der Waals surface area contributed by atoms with Gasteiger partial charge in [-0.05, 0) is 47.3 Å². The fourth-order valence-corrected chi connectivity index (χ4v) is 3.29. The van der Waals surface area contributed by atoms with Gasteiger partial charge in [-0.1, -0.05) is 6.42 Å². The molecule has 0 bridgehead atoms. The minimum absolute atomic E-state index is 0.0110. The van der Waals surface area contributed by atoms with Crippen LogP contribution in [-0.2, 0) is 4.79 Å². The second-order valence-electron chi connectivity index (χ2n) is 5.57. The first-order valence-electron chi connectivity index (χ1n) is 7.01. The van der Waals surface area contributed by atoms with Gasteiger partial charge in [-0.2, -0.15) is 0 Å². The molecule has 1 aliphatic carbocycles. The molecule has 1 aromatic heterocycles. The molecule has 1 saturated carbocycles. The summed E-state index contributed by atoms with van der Waals surface area (Å²) in [7, 11) is 0. The zero-order chi connectivity index (χ0) is 15.0. The lowest BCUT2D eigenvalue weighted by molar-refractivity contribution is -0.120. The molecule has 1 fully saturated rings. The van der Waals surface area contributed by atoms with E-state index < -0.39 is 0 Å². The number of aromatic amines is 2. The Morgan fingerprint density at radius 2 is 2.00 bits per heavy atom. The normalized spacial score (nSPS) is 22.4. The maximum absolute atomic E-state index is 12.3. The molecule has 1 aromatic carbocycles. The number of benzene rings is 1. The van der Waals surface area contributed by atoms with Crippen molar-refractivity contribution < 1.29 is 4.79 Å². The second kappa shape index (κ2) is 5.65. The summed E-state index contributed by atoms with van der Waals surface area (Å²) in [6.07, 6.45) is 3.58. The monoisotopic (exact) mass is 352 g/mol. The lowest BCUT2D eigenvalue weighted by Crippen LogP contribution is -2.34. The highest BCUT2D eigenvalue weighted by Crippen LogP contribution is 2.29. The molecular formula is C14H17BrN4O2. The van der Waals surface area contributed by atoms with Gasteiger partial charge in [-0.3, -0.25) is 4.79 Å². The fraction of sp³-hybridized carbons (Fsp3) is 0.429. The van der Waals surface area contributed by atoms with Crippen LogP contribution in [0.3, 0.4) is 0 Å². The first kappa shape index (κ1) is 14.3. The molecular weight excluding hydrogens is 336 g/mol. The molecule has 7 heteroatoms. The molecule has 3 rings (SSSR count). The molecule has 1 aliphatic rings. The van der Waals surface area contributed by atoms with Crippen LogP contribution in [0, 0.1) is 5.92 Å². The van der Waals surface area contributed by atoms with Gasteiger partial charge in [-0.25, -0.2) is 4.79 Å². The summed E-state index contributed by atoms with van der Waals surface area (Å²) in [6.45, 7) is 0. The van der Waals surface area contributed by atoms with E-state index in [9.17, 15) is 9.59 Å². The Hall–Kier alpha value is -1.60.